The molecule has 2 N–H and O–H groups in total. The van der Waals surface area contributed by atoms with Crippen molar-refractivity contribution in [3.05, 3.63) is 30.9 Å². The molecule has 0 radical (unpaired) electrons. The van der Waals surface area contributed by atoms with Gasteiger partial charge in [-0.25, -0.2) is 23.1 Å². The summed E-state index contributed by atoms with van der Waals surface area (Å²) in [5, 5.41) is 7.04. The first-order valence-corrected chi connectivity index (χ1v) is 7.57. The van der Waals surface area contributed by atoms with Gasteiger partial charge in [0.2, 0.25) is 5.95 Å². The van der Waals surface area contributed by atoms with Crippen LogP contribution in [0.5, 0.6) is 0 Å². The van der Waals surface area contributed by atoms with Crippen molar-refractivity contribution in [2.24, 2.45) is 0 Å². The third-order valence-corrected chi connectivity index (χ3v) is 3.81. The summed E-state index contributed by atoms with van der Waals surface area (Å²) in [5.41, 5.74) is 0. The van der Waals surface area contributed by atoms with E-state index in [4.69, 9.17) is 0 Å². The maximum atomic E-state index is 12.1. The summed E-state index contributed by atoms with van der Waals surface area (Å²) >= 11 is 0. The Morgan fingerprint density at radius 3 is 2.75 bits per heavy atom. The SMILES string of the molecule is CNCCCn1cc(S(=O)(=O)Nc2ncccn2)cn1. The van der Waals surface area contributed by atoms with Gasteiger partial charge in [0, 0.05) is 25.1 Å². The zero-order chi connectivity index (χ0) is 14.4. The van der Waals surface area contributed by atoms with Gasteiger partial charge in [-0.3, -0.25) is 4.68 Å². The van der Waals surface area contributed by atoms with Crippen LogP contribution in [0, 0.1) is 0 Å². The van der Waals surface area contributed by atoms with Gasteiger partial charge < -0.3 is 5.32 Å². The molecule has 2 aromatic rings. The first-order chi connectivity index (χ1) is 9.62. The Morgan fingerprint density at radius 1 is 1.30 bits per heavy atom. The minimum absolute atomic E-state index is 0.0374. The third kappa shape index (κ3) is 3.75. The van der Waals surface area contributed by atoms with Crippen molar-refractivity contribution in [1.82, 2.24) is 25.1 Å². The lowest BCUT2D eigenvalue weighted by atomic mass is 10.4. The largest absolute Gasteiger partial charge is 0.320 e. The molecule has 0 aromatic carbocycles. The number of anilines is 1. The number of sulfonamides is 1. The summed E-state index contributed by atoms with van der Waals surface area (Å²) in [5.74, 6) is 0.0374. The van der Waals surface area contributed by atoms with Crippen molar-refractivity contribution in [3.63, 3.8) is 0 Å². The molecule has 8 nitrogen and oxygen atoms in total. The average molecular weight is 296 g/mol. The summed E-state index contributed by atoms with van der Waals surface area (Å²) in [6.45, 7) is 1.50. The standard InChI is InChI=1S/C11H16N6O2S/c1-12-4-3-7-17-9-10(8-15-17)20(18,19)16-11-13-5-2-6-14-11/h2,5-6,8-9,12H,3-4,7H2,1H3,(H,13,14,16). The highest BCUT2D eigenvalue weighted by Gasteiger charge is 2.17. The Labute approximate surface area is 117 Å². The summed E-state index contributed by atoms with van der Waals surface area (Å²) < 4.78 is 28.1. The van der Waals surface area contributed by atoms with E-state index < -0.39 is 10.0 Å². The topological polar surface area (TPSA) is 102 Å². The predicted molar refractivity (Wildman–Crippen MR) is 73.6 cm³/mol. The number of nitrogens with one attached hydrogen (secondary N) is 2. The molecule has 0 atom stereocenters. The van der Waals surface area contributed by atoms with E-state index in [9.17, 15) is 8.42 Å². The zero-order valence-electron chi connectivity index (χ0n) is 11.0. The molecule has 2 aromatic heterocycles. The van der Waals surface area contributed by atoms with E-state index in [1.165, 1.54) is 24.8 Å². The zero-order valence-corrected chi connectivity index (χ0v) is 11.8. The van der Waals surface area contributed by atoms with Crippen molar-refractivity contribution in [2.45, 2.75) is 17.9 Å². The molecule has 0 saturated carbocycles. The lowest BCUT2D eigenvalue weighted by Crippen LogP contribution is -2.14. The molecule has 0 saturated heterocycles. The quantitative estimate of drug-likeness (QED) is 0.702. The smallest absolute Gasteiger partial charge is 0.267 e. The lowest BCUT2D eigenvalue weighted by molar-refractivity contribution is 0.561. The first kappa shape index (κ1) is 14.4. The molecule has 0 aliphatic heterocycles. The molecule has 2 rings (SSSR count). The van der Waals surface area contributed by atoms with Crippen molar-refractivity contribution in [1.29, 1.82) is 0 Å². The molecule has 0 fully saturated rings. The normalized spacial score (nSPS) is 11.4. The van der Waals surface area contributed by atoms with Gasteiger partial charge in [-0.1, -0.05) is 0 Å². The minimum atomic E-state index is -3.70. The molecule has 20 heavy (non-hydrogen) atoms. The second-order valence-electron chi connectivity index (χ2n) is 4.07. The summed E-state index contributed by atoms with van der Waals surface area (Å²) in [7, 11) is -1.83. The molecule has 0 unspecified atom stereocenters. The molecule has 0 aliphatic rings. The van der Waals surface area contributed by atoms with E-state index in [0.29, 0.717) is 6.54 Å². The van der Waals surface area contributed by atoms with Gasteiger partial charge in [0.15, 0.2) is 0 Å². The van der Waals surface area contributed by atoms with Crippen molar-refractivity contribution >= 4 is 16.0 Å². The van der Waals surface area contributed by atoms with Crippen LogP contribution in [0.4, 0.5) is 5.95 Å². The second kappa shape index (κ2) is 6.44. The highest BCUT2D eigenvalue weighted by molar-refractivity contribution is 7.92. The monoisotopic (exact) mass is 296 g/mol. The van der Waals surface area contributed by atoms with Gasteiger partial charge in [-0.2, -0.15) is 5.10 Å². The van der Waals surface area contributed by atoms with E-state index in [1.807, 2.05) is 7.05 Å². The molecule has 9 heteroatoms. The number of nitrogens with zero attached hydrogens (tertiary/aromatic N) is 4. The minimum Gasteiger partial charge on any atom is -0.320 e. The molecule has 0 aliphatic carbocycles. The Balaban J connectivity index is 2.06. The molecule has 0 spiro atoms. The summed E-state index contributed by atoms with van der Waals surface area (Å²) in [6.07, 6.45) is 6.59. The summed E-state index contributed by atoms with van der Waals surface area (Å²) in [6, 6.07) is 1.61. The van der Waals surface area contributed by atoms with Crippen LogP contribution in [0.25, 0.3) is 0 Å². The number of hydrogen-bond acceptors (Lipinski definition) is 6. The first-order valence-electron chi connectivity index (χ1n) is 6.09. The van der Waals surface area contributed by atoms with Gasteiger partial charge >= 0.3 is 0 Å². The highest BCUT2D eigenvalue weighted by Crippen LogP contribution is 2.11. The van der Waals surface area contributed by atoms with Gasteiger partial charge in [0.05, 0.1) is 6.20 Å². The van der Waals surface area contributed by atoms with Crippen LogP contribution in [0.1, 0.15) is 6.42 Å². The van der Waals surface area contributed by atoms with Gasteiger partial charge in [0.1, 0.15) is 4.90 Å². The molecular weight excluding hydrogens is 280 g/mol. The summed E-state index contributed by atoms with van der Waals surface area (Å²) in [4.78, 5) is 7.73. The Bertz CT molecular complexity index is 640. The molecule has 0 amide bonds. The molecular formula is C11H16N6O2S. The second-order valence-corrected chi connectivity index (χ2v) is 5.76. The number of aryl methyl sites for hydroxylation is 1. The third-order valence-electron chi connectivity index (χ3n) is 2.53. The molecule has 0 bridgehead atoms. The maximum Gasteiger partial charge on any atom is 0.267 e. The van der Waals surface area contributed by atoms with Gasteiger partial charge in [0.25, 0.3) is 10.0 Å². The fourth-order valence-electron chi connectivity index (χ4n) is 1.55. The predicted octanol–water partition coefficient (Wildman–Crippen LogP) is 0.0834. The highest BCUT2D eigenvalue weighted by atomic mass is 32.2. The fraction of sp³-hybridized carbons (Fsp3) is 0.364. The van der Waals surface area contributed by atoms with Crippen LogP contribution >= 0.6 is 0 Å². The van der Waals surface area contributed by atoms with Gasteiger partial charge in [-0.15, -0.1) is 0 Å². The maximum absolute atomic E-state index is 12.1. The van der Waals surface area contributed by atoms with Crippen molar-refractivity contribution < 1.29 is 8.42 Å². The van der Waals surface area contributed by atoms with Crippen molar-refractivity contribution in [2.75, 3.05) is 18.3 Å². The fourth-order valence-corrected chi connectivity index (χ4v) is 2.46. The average Bonchev–Trinajstić information content (AvgIpc) is 2.89. The van der Waals surface area contributed by atoms with Crippen LogP contribution < -0.4 is 10.0 Å². The Kier molecular flexibility index (Phi) is 4.64. The van der Waals surface area contributed by atoms with E-state index >= 15 is 0 Å². The Hall–Kier alpha value is -2.00. The van der Waals surface area contributed by atoms with E-state index in [1.54, 1.807) is 10.7 Å². The van der Waals surface area contributed by atoms with Crippen LogP contribution in [0.15, 0.2) is 35.7 Å². The van der Waals surface area contributed by atoms with Crippen LogP contribution in [0.2, 0.25) is 0 Å². The van der Waals surface area contributed by atoms with Crippen LogP contribution in [-0.4, -0.2) is 41.8 Å². The Morgan fingerprint density at radius 2 is 2.05 bits per heavy atom. The molecule has 2 heterocycles. The van der Waals surface area contributed by atoms with E-state index in [-0.39, 0.29) is 10.8 Å². The van der Waals surface area contributed by atoms with Crippen LogP contribution in [0.3, 0.4) is 0 Å². The number of aromatic nitrogens is 4. The van der Waals surface area contributed by atoms with Crippen molar-refractivity contribution in [3.8, 4) is 0 Å². The van der Waals surface area contributed by atoms with E-state index in [0.717, 1.165) is 13.0 Å². The van der Waals surface area contributed by atoms with E-state index in [2.05, 4.69) is 25.1 Å². The number of rotatable bonds is 7. The lowest BCUT2D eigenvalue weighted by Gasteiger charge is -2.03. The number of hydrogen-bond donors (Lipinski definition) is 2. The molecule has 108 valence electrons. The van der Waals surface area contributed by atoms with Gasteiger partial charge in [-0.05, 0) is 26.1 Å². The van der Waals surface area contributed by atoms with Crippen LogP contribution in [-0.2, 0) is 16.6 Å².